The van der Waals surface area contributed by atoms with Crippen LogP contribution in [0.25, 0.3) is 10.9 Å². The fraction of sp³-hybridized carbons (Fsp3) is 0.167. The molecule has 2 aromatic carbocycles. The Bertz CT molecular complexity index is 1140. The number of fused-ring (bicyclic) bond motifs is 1. The highest BCUT2D eigenvalue weighted by Crippen LogP contribution is 2.13. The standard InChI is InChI=1S/C18H17N3O4S/c1-21(18(23)12-7-9-13(10-8-12)26(2,24)25)11-16-19-15-6-4-3-5-14(15)17(22)20-16/h3-10H,11H2,1-2H3,(H,19,20,22). The second-order valence-corrected chi connectivity index (χ2v) is 8.00. The van der Waals surface area contributed by atoms with Crippen LogP contribution in [0.1, 0.15) is 16.2 Å². The molecule has 1 heterocycles. The van der Waals surface area contributed by atoms with Gasteiger partial charge in [-0.1, -0.05) is 12.1 Å². The van der Waals surface area contributed by atoms with Crippen molar-refractivity contribution in [2.24, 2.45) is 0 Å². The first-order valence-electron chi connectivity index (χ1n) is 7.79. The van der Waals surface area contributed by atoms with Gasteiger partial charge < -0.3 is 9.88 Å². The van der Waals surface area contributed by atoms with Crippen molar-refractivity contribution in [1.82, 2.24) is 14.9 Å². The zero-order valence-corrected chi connectivity index (χ0v) is 15.1. The number of sulfone groups is 1. The molecule has 0 spiro atoms. The maximum absolute atomic E-state index is 12.5. The molecule has 1 N–H and O–H groups in total. The summed E-state index contributed by atoms with van der Waals surface area (Å²) in [6.45, 7) is 0.118. The van der Waals surface area contributed by atoms with E-state index in [0.717, 1.165) is 6.26 Å². The van der Waals surface area contributed by atoms with Crippen molar-refractivity contribution in [2.75, 3.05) is 13.3 Å². The van der Waals surface area contributed by atoms with E-state index in [0.29, 0.717) is 22.3 Å². The number of rotatable bonds is 4. The Morgan fingerprint density at radius 1 is 1.12 bits per heavy atom. The molecule has 7 nitrogen and oxygen atoms in total. The van der Waals surface area contributed by atoms with Crippen molar-refractivity contribution in [2.45, 2.75) is 11.4 Å². The number of nitrogens with one attached hydrogen (secondary N) is 1. The molecule has 0 unspecified atom stereocenters. The van der Waals surface area contributed by atoms with Crippen LogP contribution in [-0.4, -0.2) is 42.5 Å². The molecule has 0 bridgehead atoms. The minimum atomic E-state index is -3.31. The van der Waals surface area contributed by atoms with E-state index < -0.39 is 9.84 Å². The maximum atomic E-state index is 12.5. The van der Waals surface area contributed by atoms with Gasteiger partial charge in [-0.25, -0.2) is 13.4 Å². The average molecular weight is 371 g/mol. The molecule has 0 saturated heterocycles. The van der Waals surface area contributed by atoms with E-state index in [1.165, 1.54) is 29.2 Å². The average Bonchev–Trinajstić information content (AvgIpc) is 2.60. The Morgan fingerprint density at radius 3 is 2.42 bits per heavy atom. The number of hydrogen-bond donors (Lipinski definition) is 1. The summed E-state index contributed by atoms with van der Waals surface area (Å²) in [6.07, 6.45) is 1.11. The summed E-state index contributed by atoms with van der Waals surface area (Å²) in [4.78, 5) is 33.2. The lowest BCUT2D eigenvalue weighted by Gasteiger charge is -2.17. The van der Waals surface area contributed by atoms with E-state index in [1.54, 1.807) is 31.3 Å². The van der Waals surface area contributed by atoms with E-state index in [-0.39, 0.29) is 22.9 Å². The van der Waals surface area contributed by atoms with Crippen LogP contribution >= 0.6 is 0 Å². The lowest BCUT2D eigenvalue weighted by molar-refractivity contribution is 0.0781. The van der Waals surface area contributed by atoms with Gasteiger partial charge in [0.2, 0.25) is 0 Å². The number of carbonyl (C=O) groups is 1. The molecular weight excluding hydrogens is 354 g/mol. The smallest absolute Gasteiger partial charge is 0.258 e. The Morgan fingerprint density at radius 2 is 1.77 bits per heavy atom. The van der Waals surface area contributed by atoms with Crippen molar-refractivity contribution in [3.05, 3.63) is 70.3 Å². The number of benzene rings is 2. The van der Waals surface area contributed by atoms with Crippen LogP contribution in [0.15, 0.2) is 58.2 Å². The van der Waals surface area contributed by atoms with Gasteiger partial charge in [0.1, 0.15) is 5.82 Å². The Kier molecular flexibility index (Phi) is 4.60. The third kappa shape index (κ3) is 3.65. The fourth-order valence-corrected chi connectivity index (χ4v) is 3.20. The molecule has 3 aromatic rings. The minimum absolute atomic E-state index is 0.118. The first-order valence-corrected chi connectivity index (χ1v) is 9.68. The van der Waals surface area contributed by atoms with Gasteiger partial charge in [-0.05, 0) is 36.4 Å². The normalized spacial score (nSPS) is 11.5. The molecule has 3 rings (SSSR count). The molecule has 134 valence electrons. The molecule has 0 saturated carbocycles. The highest BCUT2D eigenvalue weighted by atomic mass is 32.2. The molecule has 0 aliphatic heterocycles. The van der Waals surface area contributed by atoms with Crippen LogP contribution in [-0.2, 0) is 16.4 Å². The van der Waals surface area contributed by atoms with Crippen LogP contribution in [0.4, 0.5) is 0 Å². The van der Waals surface area contributed by atoms with Crippen molar-refractivity contribution >= 4 is 26.6 Å². The van der Waals surface area contributed by atoms with Crippen LogP contribution in [0.3, 0.4) is 0 Å². The summed E-state index contributed by atoms with van der Waals surface area (Å²) in [6, 6.07) is 12.7. The van der Waals surface area contributed by atoms with Gasteiger partial charge in [0.25, 0.3) is 11.5 Å². The maximum Gasteiger partial charge on any atom is 0.258 e. The lowest BCUT2D eigenvalue weighted by atomic mass is 10.2. The van der Waals surface area contributed by atoms with Crippen molar-refractivity contribution in [3.63, 3.8) is 0 Å². The van der Waals surface area contributed by atoms with Gasteiger partial charge in [-0.15, -0.1) is 0 Å². The van der Waals surface area contributed by atoms with E-state index in [1.807, 2.05) is 0 Å². The number of amides is 1. The van der Waals surface area contributed by atoms with Gasteiger partial charge in [-0.3, -0.25) is 9.59 Å². The second-order valence-electron chi connectivity index (χ2n) is 5.99. The minimum Gasteiger partial charge on any atom is -0.334 e. The molecule has 0 aliphatic carbocycles. The van der Waals surface area contributed by atoms with Gasteiger partial charge in [-0.2, -0.15) is 0 Å². The number of hydrogen-bond acceptors (Lipinski definition) is 5. The SMILES string of the molecule is CN(Cc1nc2ccccc2c(=O)[nH]1)C(=O)c1ccc(S(C)(=O)=O)cc1. The third-order valence-electron chi connectivity index (χ3n) is 3.92. The number of aromatic nitrogens is 2. The molecule has 26 heavy (non-hydrogen) atoms. The first kappa shape index (κ1) is 17.8. The van der Waals surface area contributed by atoms with Crippen molar-refractivity contribution in [1.29, 1.82) is 0 Å². The molecule has 0 radical (unpaired) electrons. The quantitative estimate of drug-likeness (QED) is 0.751. The monoisotopic (exact) mass is 371 g/mol. The zero-order chi connectivity index (χ0) is 18.9. The van der Waals surface area contributed by atoms with Crippen molar-refractivity contribution < 1.29 is 13.2 Å². The van der Waals surface area contributed by atoms with Crippen LogP contribution in [0.5, 0.6) is 0 Å². The molecule has 8 heteroatoms. The molecule has 0 fully saturated rings. The number of aromatic amines is 1. The number of carbonyl (C=O) groups excluding carboxylic acids is 1. The number of H-pyrrole nitrogens is 1. The number of para-hydroxylation sites is 1. The Balaban J connectivity index is 1.82. The second kappa shape index (κ2) is 6.72. The van der Waals surface area contributed by atoms with Crippen LogP contribution in [0.2, 0.25) is 0 Å². The van der Waals surface area contributed by atoms with Gasteiger partial charge >= 0.3 is 0 Å². The highest BCUT2D eigenvalue weighted by molar-refractivity contribution is 7.90. The molecule has 1 amide bonds. The Hall–Kier alpha value is -3.00. The van der Waals surface area contributed by atoms with E-state index in [9.17, 15) is 18.0 Å². The lowest BCUT2D eigenvalue weighted by Crippen LogP contribution is -2.28. The van der Waals surface area contributed by atoms with E-state index in [4.69, 9.17) is 0 Å². The van der Waals surface area contributed by atoms with Gasteiger partial charge in [0.05, 0.1) is 22.3 Å². The first-order chi connectivity index (χ1) is 12.3. The topological polar surface area (TPSA) is 100 Å². The fourth-order valence-electron chi connectivity index (χ4n) is 2.57. The summed E-state index contributed by atoms with van der Waals surface area (Å²) in [7, 11) is -1.73. The summed E-state index contributed by atoms with van der Waals surface area (Å²) >= 11 is 0. The van der Waals surface area contributed by atoms with Gasteiger partial charge in [0, 0.05) is 18.9 Å². The van der Waals surface area contributed by atoms with Crippen molar-refractivity contribution in [3.8, 4) is 0 Å². The Labute approximate surface area is 150 Å². The van der Waals surface area contributed by atoms with Gasteiger partial charge in [0.15, 0.2) is 9.84 Å². The predicted octanol–water partition coefficient (Wildman–Crippen LogP) is 1.60. The molecule has 1 aromatic heterocycles. The molecular formula is C18H17N3O4S. The molecule has 0 atom stereocenters. The zero-order valence-electron chi connectivity index (χ0n) is 14.3. The summed E-state index contributed by atoms with van der Waals surface area (Å²) in [5, 5.41) is 0.488. The largest absolute Gasteiger partial charge is 0.334 e. The summed E-state index contributed by atoms with van der Waals surface area (Å²) < 4.78 is 23.0. The third-order valence-corrected chi connectivity index (χ3v) is 5.05. The molecule has 0 aliphatic rings. The number of nitrogens with zero attached hydrogens (tertiary/aromatic N) is 2. The predicted molar refractivity (Wildman–Crippen MR) is 97.7 cm³/mol. The van der Waals surface area contributed by atoms with Crippen LogP contribution in [0, 0.1) is 0 Å². The van der Waals surface area contributed by atoms with Crippen LogP contribution < -0.4 is 5.56 Å². The summed E-state index contributed by atoms with van der Waals surface area (Å²) in [5.74, 6) is 0.0677. The van der Waals surface area contributed by atoms with E-state index in [2.05, 4.69) is 9.97 Å². The summed E-state index contributed by atoms with van der Waals surface area (Å²) in [5.41, 5.74) is 0.650. The van der Waals surface area contributed by atoms with E-state index >= 15 is 0 Å². The highest BCUT2D eigenvalue weighted by Gasteiger charge is 2.15.